The molecule has 0 radical (unpaired) electrons. The average Bonchev–Trinajstić information content (AvgIpc) is 1.46. The van der Waals surface area contributed by atoms with Gasteiger partial charge in [0.1, 0.15) is 0 Å². The molecule has 0 saturated heterocycles. The van der Waals surface area contributed by atoms with E-state index in [4.69, 9.17) is 5.11 Å². The summed E-state index contributed by atoms with van der Waals surface area (Å²) in [4.78, 5) is 0. The van der Waals surface area contributed by atoms with Crippen molar-refractivity contribution in [1.29, 1.82) is 0 Å². The summed E-state index contributed by atoms with van der Waals surface area (Å²) in [7, 11) is 4.64. The molecule has 3 heteroatoms. The molecule has 0 aliphatic rings. The zero-order valence-corrected chi connectivity index (χ0v) is 5.35. The van der Waals surface area contributed by atoms with Crippen LogP contribution < -0.4 is 0 Å². The number of rotatable bonds is 0. The van der Waals surface area contributed by atoms with Crippen LogP contribution in [-0.4, -0.2) is 11.7 Å². The molecular formula is C2H6ClOTi. The van der Waals surface area contributed by atoms with E-state index >= 15 is 0 Å². The molecule has 0 fully saturated rings. The van der Waals surface area contributed by atoms with Gasteiger partial charge in [-0.2, -0.15) is 0 Å². The van der Waals surface area contributed by atoms with Crippen molar-refractivity contribution in [3.8, 4) is 0 Å². The fraction of sp³-hybridized carbons (Fsp3) is 1.00. The Morgan fingerprint density at radius 1 is 1.80 bits per heavy atom. The van der Waals surface area contributed by atoms with Crippen LogP contribution in [0.5, 0.6) is 0 Å². The Balaban J connectivity index is 0. The minimum atomic E-state index is 0.250. The van der Waals surface area contributed by atoms with Crippen molar-refractivity contribution >= 4 is 9.30 Å². The molecule has 0 rings (SSSR count). The molecule has 0 saturated carbocycles. The van der Waals surface area contributed by atoms with Crippen molar-refractivity contribution in [2.45, 2.75) is 6.92 Å². The van der Waals surface area contributed by atoms with Gasteiger partial charge in [-0.15, -0.1) is 0 Å². The molecule has 0 bridgehead atoms. The molecule has 5 heavy (non-hydrogen) atoms. The second kappa shape index (κ2) is 20.2. The summed E-state index contributed by atoms with van der Waals surface area (Å²) in [5.41, 5.74) is 0. The van der Waals surface area contributed by atoms with E-state index in [1.807, 2.05) is 0 Å². The molecule has 0 amide bonds. The first-order chi connectivity index (χ1) is 2.41. The molecule has 0 aliphatic carbocycles. The van der Waals surface area contributed by atoms with Crippen molar-refractivity contribution in [3.05, 3.63) is 0 Å². The van der Waals surface area contributed by atoms with Crippen LogP contribution in [0.2, 0.25) is 0 Å². The number of hydrogen-bond donors (Lipinski definition) is 1. The van der Waals surface area contributed by atoms with Gasteiger partial charge < -0.3 is 5.11 Å². The van der Waals surface area contributed by atoms with Gasteiger partial charge in [-0.1, -0.05) is 0 Å². The summed E-state index contributed by atoms with van der Waals surface area (Å²) >= 11 is 1.47. The van der Waals surface area contributed by atoms with Gasteiger partial charge >= 0.3 is 28.7 Å². The Labute approximate surface area is 47.6 Å². The van der Waals surface area contributed by atoms with E-state index in [-0.39, 0.29) is 6.61 Å². The number of halogens is 1. The van der Waals surface area contributed by atoms with Crippen molar-refractivity contribution in [2.24, 2.45) is 0 Å². The third kappa shape index (κ3) is 46.9. The zero-order chi connectivity index (χ0) is 4.71. The second-order valence-electron chi connectivity index (χ2n) is 0.316. The molecule has 0 aliphatic heterocycles. The minimum absolute atomic E-state index is 0.250. The van der Waals surface area contributed by atoms with Crippen LogP contribution >= 0.6 is 9.30 Å². The summed E-state index contributed by atoms with van der Waals surface area (Å²) in [5, 5.41) is 7.57. The first kappa shape index (κ1) is 9.35. The van der Waals surface area contributed by atoms with Gasteiger partial charge in [-0.05, 0) is 6.92 Å². The molecule has 0 aromatic rings. The molecule has 0 heterocycles. The van der Waals surface area contributed by atoms with Crippen LogP contribution in [0.3, 0.4) is 0 Å². The van der Waals surface area contributed by atoms with E-state index in [0.717, 1.165) is 0 Å². The summed E-state index contributed by atoms with van der Waals surface area (Å²) < 4.78 is 0. The number of hydrogen-bond acceptors (Lipinski definition) is 1. The van der Waals surface area contributed by atoms with Crippen LogP contribution in [0, 0.1) is 0 Å². The van der Waals surface area contributed by atoms with E-state index in [9.17, 15) is 0 Å². The molecule has 31 valence electrons. The summed E-state index contributed by atoms with van der Waals surface area (Å²) in [5.74, 6) is 0. The number of aliphatic hydroxyl groups excluding tert-OH is 1. The molecule has 1 nitrogen and oxygen atoms in total. The fourth-order valence-corrected chi connectivity index (χ4v) is 0. The third-order valence-corrected chi connectivity index (χ3v) is 0. The second-order valence-corrected chi connectivity index (χ2v) is 0.316. The third-order valence-electron chi connectivity index (χ3n) is 0. The average molecular weight is 129 g/mol. The molecule has 0 spiro atoms. The van der Waals surface area contributed by atoms with Gasteiger partial charge in [0.25, 0.3) is 0 Å². The Morgan fingerprint density at radius 3 is 1.80 bits per heavy atom. The van der Waals surface area contributed by atoms with Gasteiger partial charge in [-0.3, -0.25) is 0 Å². The van der Waals surface area contributed by atoms with Crippen molar-refractivity contribution in [3.63, 3.8) is 0 Å². The number of aliphatic hydroxyl groups is 1. The van der Waals surface area contributed by atoms with Gasteiger partial charge in [0.2, 0.25) is 0 Å². The van der Waals surface area contributed by atoms with E-state index < -0.39 is 0 Å². The van der Waals surface area contributed by atoms with Crippen molar-refractivity contribution < 1.29 is 24.5 Å². The van der Waals surface area contributed by atoms with E-state index in [1.165, 1.54) is 19.4 Å². The topological polar surface area (TPSA) is 20.2 Å². The molecule has 0 atom stereocenters. The van der Waals surface area contributed by atoms with E-state index in [1.54, 1.807) is 6.92 Å². The maximum absolute atomic E-state index is 7.57. The monoisotopic (exact) mass is 129 g/mol. The molecule has 0 aromatic heterocycles. The first-order valence-electron chi connectivity index (χ1n) is 1.21. The normalized spacial score (nSPS) is 4.40. The van der Waals surface area contributed by atoms with Gasteiger partial charge in [0, 0.05) is 6.61 Å². The van der Waals surface area contributed by atoms with E-state index in [2.05, 4.69) is 9.30 Å². The predicted octanol–water partition coefficient (Wildman–Crippen LogP) is 0.686. The van der Waals surface area contributed by atoms with Gasteiger partial charge in [-0.25, -0.2) is 0 Å². The molecule has 0 unspecified atom stereocenters. The zero-order valence-electron chi connectivity index (χ0n) is 3.03. The summed E-state index contributed by atoms with van der Waals surface area (Å²) in [6, 6.07) is 0. The molecular weight excluding hydrogens is 123 g/mol. The Morgan fingerprint density at radius 2 is 1.80 bits per heavy atom. The van der Waals surface area contributed by atoms with Crippen LogP contribution in [0.4, 0.5) is 0 Å². The van der Waals surface area contributed by atoms with Crippen LogP contribution in [0.25, 0.3) is 0 Å². The van der Waals surface area contributed by atoms with Crippen LogP contribution in [0.1, 0.15) is 6.92 Å². The quantitative estimate of drug-likeness (QED) is 0.477. The van der Waals surface area contributed by atoms with Crippen molar-refractivity contribution in [1.82, 2.24) is 0 Å². The van der Waals surface area contributed by atoms with Gasteiger partial charge in [0.15, 0.2) is 0 Å². The van der Waals surface area contributed by atoms with Crippen molar-refractivity contribution in [2.75, 3.05) is 6.61 Å². The maximum atomic E-state index is 7.57. The Bertz CT molecular complexity index is 9.61. The SMILES string of the molecule is CCO.[Cl][Ti]. The standard InChI is InChI=1S/C2H6O.ClH.Ti/c1-2-3;;/h3H,2H2,1H3;1H;/q;;+1/p-1. The van der Waals surface area contributed by atoms with Crippen LogP contribution in [-0.2, 0) is 19.4 Å². The summed E-state index contributed by atoms with van der Waals surface area (Å²) in [6.45, 7) is 1.93. The molecule has 1 N–H and O–H groups in total. The molecule has 0 aromatic carbocycles. The van der Waals surface area contributed by atoms with Crippen LogP contribution in [0.15, 0.2) is 0 Å². The first-order valence-corrected chi connectivity index (χ1v) is 3.36. The summed E-state index contributed by atoms with van der Waals surface area (Å²) in [6.07, 6.45) is 0. The Hall–Kier alpha value is 0.964. The predicted molar refractivity (Wildman–Crippen MR) is 18.6 cm³/mol. The van der Waals surface area contributed by atoms with E-state index in [0.29, 0.717) is 0 Å². The van der Waals surface area contributed by atoms with Gasteiger partial charge in [0.05, 0.1) is 0 Å². The fourth-order valence-electron chi connectivity index (χ4n) is 0. The Kier molecular flexibility index (Phi) is 37.8.